The van der Waals surface area contributed by atoms with Gasteiger partial charge in [-0.05, 0) is 80.2 Å². The Kier molecular flexibility index (Phi) is 11.2. The van der Waals surface area contributed by atoms with Gasteiger partial charge in [-0.25, -0.2) is 23.9 Å². The molecule has 4 N–H and O–H groups in total. The maximum atomic E-state index is 15.5. The first-order valence-electron chi connectivity index (χ1n) is 19.6. The van der Waals surface area contributed by atoms with Gasteiger partial charge >= 0.3 is 12.2 Å². The van der Waals surface area contributed by atoms with E-state index in [2.05, 4.69) is 37.4 Å². The number of hydrogen-bond acceptors (Lipinski definition) is 8. The minimum absolute atomic E-state index is 0.124. The minimum atomic E-state index is -0.773. The van der Waals surface area contributed by atoms with Crippen molar-refractivity contribution in [3.05, 3.63) is 70.2 Å². The van der Waals surface area contributed by atoms with Gasteiger partial charge in [0.1, 0.15) is 29.2 Å². The molecule has 57 heavy (non-hydrogen) atoms. The van der Waals surface area contributed by atoms with Crippen molar-refractivity contribution in [2.24, 2.45) is 11.8 Å². The molecule has 0 unspecified atom stereocenters. The van der Waals surface area contributed by atoms with Crippen molar-refractivity contribution in [3.63, 3.8) is 0 Å². The quantitative estimate of drug-likeness (QED) is 0.165. The molecule has 7 rings (SSSR count). The summed E-state index contributed by atoms with van der Waals surface area (Å²) in [5, 5.41) is 5.35. The van der Waals surface area contributed by atoms with Crippen LogP contribution in [0.25, 0.3) is 22.3 Å². The smallest absolute Gasteiger partial charge is 0.407 e. The Morgan fingerprint density at radius 3 is 1.95 bits per heavy atom. The molecule has 4 amide bonds. The SMILES string of the molecule is COC(=O)N[C@H](C(=O)N1CCC[C@H]1c1nc2c([nH]1)CCc1cc(C#Cc3cc(F)c4nc([C@@H]5CCCN5C(=O)[C@@H](NC(=O)OC)C(C)C)[nH]c4c3)ccc1-2)C(C)C. The highest BCUT2D eigenvalue weighted by molar-refractivity contribution is 5.87. The van der Waals surface area contributed by atoms with Crippen LogP contribution in [0, 0.1) is 29.5 Å². The fraction of sp³-hybridized carbons (Fsp3) is 0.476. The molecular formula is C42H49FN8O6. The van der Waals surface area contributed by atoms with Crippen LogP contribution in [0.15, 0.2) is 30.3 Å². The van der Waals surface area contributed by atoms with E-state index in [0.717, 1.165) is 66.0 Å². The first-order valence-corrected chi connectivity index (χ1v) is 19.6. The van der Waals surface area contributed by atoms with Crippen molar-refractivity contribution in [2.45, 2.75) is 90.4 Å². The number of H-pyrrole nitrogens is 2. The number of alkyl carbamates (subject to hydrolysis) is 2. The van der Waals surface area contributed by atoms with Gasteiger partial charge in [0, 0.05) is 35.5 Å². The van der Waals surface area contributed by atoms with Crippen molar-refractivity contribution in [1.29, 1.82) is 0 Å². The molecule has 2 fully saturated rings. The number of aromatic nitrogens is 4. The number of nitrogens with one attached hydrogen (secondary N) is 4. The van der Waals surface area contributed by atoms with E-state index in [4.69, 9.17) is 14.5 Å². The van der Waals surface area contributed by atoms with Crippen molar-refractivity contribution in [3.8, 4) is 23.1 Å². The van der Waals surface area contributed by atoms with Crippen molar-refractivity contribution in [2.75, 3.05) is 27.3 Å². The second kappa shape index (κ2) is 16.3. The number of aromatic amines is 2. The van der Waals surface area contributed by atoms with Gasteiger partial charge in [-0.15, -0.1) is 0 Å². The van der Waals surface area contributed by atoms with Crippen molar-refractivity contribution >= 4 is 35.0 Å². The molecular weight excluding hydrogens is 732 g/mol. The van der Waals surface area contributed by atoms with Crippen LogP contribution in [0.5, 0.6) is 0 Å². The van der Waals surface area contributed by atoms with E-state index >= 15 is 4.39 Å². The highest BCUT2D eigenvalue weighted by Crippen LogP contribution is 2.38. The molecule has 4 atom stereocenters. The van der Waals surface area contributed by atoms with Crippen molar-refractivity contribution in [1.82, 2.24) is 40.4 Å². The van der Waals surface area contributed by atoms with Crippen LogP contribution in [0.4, 0.5) is 14.0 Å². The number of hydrogen-bond donors (Lipinski definition) is 4. The molecule has 15 heteroatoms. The molecule has 3 aliphatic rings. The van der Waals surface area contributed by atoms with E-state index in [-0.39, 0.29) is 35.2 Å². The van der Waals surface area contributed by atoms with Gasteiger partial charge in [0.25, 0.3) is 0 Å². The third-order valence-electron chi connectivity index (χ3n) is 11.2. The molecule has 300 valence electrons. The number of carbonyl (C=O) groups is 4. The number of carbonyl (C=O) groups excluding carboxylic acids is 4. The first-order chi connectivity index (χ1) is 27.4. The second-order valence-electron chi connectivity index (χ2n) is 15.6. The number of imidazole rings is 2. The van der Waals surface area contributed by atoms with Crippen LogP contribution in [0.3, 0.4) is 0 Å². The number of halogens is 1. The molecule has 0 radical (unpaired) electrons. The molecule has 2 aromatic heterocycles. The van der Waals surface area contributed by atoms with E-state index in [1.54, 1.807) is 11.0 Å². The summed E-state index contributed by atoms with van der Waals surface area (Å²) in [6, 6.07) is 7.02. The Morgan fingerprint density at radius 2 is 1.37 bits per heavy atom. The number of amides is 4. The maximum Gasteiger partial charge on any atom is 0.407 e. The standard InChI is InChI=1S/C42H49FN8O6/c1-22(2)33(48-41(54)56-5)39(52)50-17-7-9-31(50)37-44-29-16-14-26-19-24(13-15-27(26)35(29)46-37)11-12-25-20-28(43)36-30(21-25)45-38(47-36)32-10-8-18-51(32)40(53)34(23(3)4)49-42(55)57-6/h13,15,19-23,31-34H,7-10,14,16-18H2,1-6H3,(H,44,46)(H,45,47)(H,48,54)(H,49,55)/t31-,32-,33-,34-/m0/s1. The van der Waals surface area contributed by atoms with Gasteiger partial charge in [0.2, 0.25) is 11.8 Å². The summed E-state index contributed by atoms with van der Waals surface area (Å²) in [6.45, 7) is 8.56. The van der Waals surface area contributed by atoms with Crippen LogP contribution in [0.2, 0.25) is 0 Å². The third-order valence-corrected chi connectivity index (χ3v) is 11.2. The number of aryl methyl sites for hydroxylation is 2. The molecule has 0 spiro atoms. The number of rotatable bonds is 8. The van der Waals surface area contributed by atoms with Crippen molar-refractivity contribution < 1.29 is 33.0 Å². The largest absolute Gasteiger partial charge is 0.453 e. The number of likely N-dealkylation sites (tertiary alicyclic amines) is 2. The lowest BCUT2D eigenvalue weighted by Crippen LogP contribution is -2.51. The number of benzene rings is 2. The lowest BCUT2D eigenvalue weighted by atomic mass is 9.91. The molecule has 4 heterocycles. The van der Waals surface area contributed by atoms with Gasteiger partial charge in [-0.2, -0.15) is 0 Å². The van der Waals surface area contributed by atoms with Gasteiger partial charge in [-0.3, -0.25) is 9.59 Å². The van der Waals surface area contributed by atoms with Gasteiger partial charge in [0.15, 0.2) is 5.82 Å². The summed E-state index contributed by atoms with van der Waals surface area (Å²) in [6.07, 6.45) is 3.21. The Bertz CT molecular complexity index is 2270. The van der Waals surface area contributed by atoms with E-state index in [9.17, 15) is 19.2 Å². The lowest BCUT2D eigenvalue weighted by Gasteiger charge is -2.30. The topological polar surface area (TPSA) is 175 Å². The molecule has 1 aliphatic carbocycles. The Balaban J connectivity index is 1.08. The predicted octanol–water partition coefficient (Wildman–Crippen LogP) is 5.68. The molecule has 0 bridgehead atoms. The average Bonchev–Trinajstić information content (AvgIpc) is 4.02. The fourth-order valence-corrected chi connectivity index (χ4v) is 8.21. The lowest BCUT2D eigenvalue weighted by molar-refractivity contribution is -0.136. The van der Waals surface area contributed by atoms with Gasteiger partial charge in [-0.1, -0.05) is 45.6 Å². The summed E-state index contributed by atoms with van der Waals surface area (Å²) in [5.74, 6) is 6.34. The monoisotopic (exact) mass is 780 g/mol. The third kappa shape index (κ3) is 7.90. The molecule has 0 saturated carbocycles. The zero-order valence-corrected chi connectivity index (χ0v) is 33.1. The van der Waals surface area contributed by atoms with Gasteiger partial charge < -0.3 is 39.9 Å². The van der Waals surface area contributed by atoms with Crippen LogP contribution in [-0.4, -0.2) is 93.1 Å². The van der Waals surface area contributed by atoms with Crippen LogP contribution < -0.4 is 10.6 Å². The zero-order valence-electron chi connectivity index (χ0n) is 33.1. The number of nitrogens with zero attached hydrogens (tertiary/aromatic N) is 4. The van der Waals surface area contributed by atoms with E-state index in [1.807, 2.05) is 50.8 Å². The van der Waals surface area contributed by atoms with Crippen LogP contribution >= 0.6 is 0 Å². The second-order valence-corrected chi connectivity index (χ2v) is 15.6. The Labute approximate surface area is 330 Å². The highest BCUT2D eigenvalue weighted by Gasteiger charge is 2.39. The summed E-state index contributed by atoms with van der Waals surface area (Å²) in [5.41, 5.74) is 5.91. The van der Waals surface area contributed by atoms with Crippen LogP contribution in [0.1, 0.15) is 99.5 Å². The summed E-state index contributed by atoms with van der Waals surface area (Å²) < 4.78 is 25.0. The summed E-state index contributed by atoms with van der Waals surface area (Å²) >= 11 is 0. The van der Waals surface area contributed by atoms with E-state index in [0.29, 0.717) is 36.4 Å². The maximum absolute atomic E-state index is 15.5. The number of methoxy groups -OCH3 is 2. The average molecular weight is 781 g/mol. The normalized spacial score (nSPS) is 18.5. The number of fused-ring (bicyclic) bond motifs is 4. The van der Waals surface area contributed by atoms with Gasteiger partial charge in [0.05, 0.1) is 37.5 Å². The minimum Gasteiger partial charge on any atom is -0.453 e. The van der Waals surface area contributed by atoms with Crippen LogP contribution in [-0.2, 0) is 31.9 Å². The summed E-state index contributed by atoms with van der Waals surface area (Å²) in [4.78, 5) is 71.1. The highest BCUT2D eigenvalue weighted by atomic mass is 19.1. The Hall–Kier alpha value is -5.91. The first kappa shape index (κ1) is 39.3. The molecule has 2 saturated heterocycles. The van der Waals surface area contributed by atoms with E-state index in [1.165, 1.54) is 20.3 Å². The molecule has 14 nitrogen and oxygen atoms in total. The summed E-state index contributed by atoms with van der Waals surface area (Å²) in [7, 11) is 2.54. The fourth-order valence-electron chi connectivity index (χ4n) is 8.21. The number of ether oxygens (including phenoxy) is 2. The molecule has 4 aromatic rings. The predicted molar refractivity (Wildman–Crippen MR) is 209 cm³/mol. The molecule has 2 aliphatic heterocycles. The zero-order chi connectivity index (χ0) is 40.5. The van der Waals surface area contributed by atoms with E-state index < -0.39 is 36.1 Å². The molecule has 2 aromatic carbocycles. The Morgan fingerprint density at radius 1 is 0.789 bits per heavy atom.